The van der Waals surface area contributed by atoms with Crippen molar-refractivity contribution in [2.24, 2.45) is 5.41 Å². The van der Waals surface area contributed by atoms with Gasteiger partial charge >= 0.3 is 0 Å². The fourth-order valence-electron chi connectivity index (χ4n) is 1.48. The summed E-state index contributed by atoms with van der Waals surface area (Å²) in [5, 5.41) is 4.22. The summed E-state index contributed by atoms with van der Waals surface area (Å²) in [7, 11) is 2.04. The summed E-state index contributed by atoms with van der Waals surface area (Å²) < 4.78 is 0. The van der Waals surface area contributed by atoms with Gasteiger partial charge in [0.2, 0.25) is 0 Å². The topological polar surface area (TPSA) is 20.3 Å². The molecule has 0 aliphatic rings. The summed E-state index contributed by atoms with van der Waals surface area (Å²) in [4.78, 5) is 12.9. The number of carbonyl (C=O) groups excluding carboxylic acids is 1. The summed E-state index contributed by atoms with van der Waals surface area (Å²) in [6.07, 6.45) is 1.02. The maximum absolute atomic E-state index is 10.7. The van der Waals surface area contributed by atoms with E-state index >= 15 is 0 Å². The summed E-state index contributed by atoms with van der Waals surface area (Å²) in [5.74, 6) is 0. The van der Waals surface area contributed by atoms with Crippen molar-refractivity contribution in [3.05, 3.63) is 22.4 Å². The summed E-state index contributed by atoms with van der Waals surface area (Å²) >= 11 is 1.71. The molecular weight excluding hydrogens is 194 g/mol. The van der Waals surface area contributed by atoms with Gasteiger partial charge in [0.25, 0.3) is 0 Å². The maximum atomic E-state index is 10.7. The molecule has 3 heteroatoms. The molecule has 78 valence electrons. The van der Waals surface area contributed by atoms with Crippen LogP contribution in [-0.2, 0) is 11.3 Å². The summed E-state index contributed by atoms with van der Waals surface area (Å²) in [6.45, 7) is 5.64. The van der Waals surface area contributed by atoms with Crippen LogP contribution in [-0.4, -0.2) is 24.8 Å². The second kappa shape index (κ2) is 4.71. The zero-order valence-electron chi connectivity index (χ0n) is 8.99. The fourth-order valence-corrected chi connectivity index (χ4v) is 2.14. The van der Waals surface area contributed by atoms with Crippen molar-refractivity contribution >= 4 is 17.6 Å². The van der Waals surface area contributed by atoms with Gasteiger partial charge in [-0.3, -0.25) is 0 Å². The van der Waals surface area contributed by atoms with Crippen LogP contribution in [0.1, 0.15) is 19.4 Å². The molecule has 0 aliphatic carbocycles. The van der Waals surface area contributed by atoms with E-state index in [1.54, 1.807) is 11.3 Å². The largest absolute Gasteiger partial charge is 0.303 e. The number of thiophene rings is 1. The van der Waals surface area contributed by atoms with Crippen LogP contribution in [0.4, 0.5) is 0 Å². The highest BCUT2D eigenvalue weighted by Gasteiger charge is 2.18. The molecule has 0 atom stereocenters. The van der Waals surface area contributed by atoms with E-state index in [-0.39, 0.29) is 5.41 Å². The Morgan fingerprint density at radius 2 is 2.29 bits per heavy atom. The first-order chi connectivity index (χ1) is 6.53. The van der Waals surface area contributed by atoms with Crippen molar-refractivity contribution in [3.8, 4) is 0 Å². The molecule has 0 saturated carbocycles. The first-order valence-corrected chi connectivity index (χ1v) is 5.64. The van der Waals surface area contributed by atoms with E-state index in [1.807, 2.05) is 20.9 Å². The molecule has 0 saturated heterocycles. The van der Waals surface area contributed by atoms with Gasteiger partial charge in [0.15, 0.2) is 0 Å². The van der Waals surface area contributed by atoms with Gasteiger partial charge in [0, 0.05) is 18.5 Å². The van der Waals surface area contributed by atoms with E-state index in [4.69, 9.17) is 0 Å². The molecule has 0 amide bonds. The third-order valence-electron chi connectivity index (χ3n) is 2.03. The van der Waals surface area contributed by atoms with Crippen molar-refractivity contribution in [3.63, 3.8) is 0 Å². The van der Waals surface area contributed by atoms with E-state index in [0.717, 1.165) is 19.4 Å². The van der Waals surface area contributed by atoms with Gasteiger partial charge in [-0.25, -0.2) is 0 Å². The quantitative estimate of drug-likeness (QED) is 0.697. The van der Waals surface area contributed by atoms with Crippen LogP contribution in [0.3, 0.4) is 0 Å². The molecule has 0 unspecified atom stereocenters. The number of aldehydes is 1. The zero-order chi connectivity index (χ0) is 10.6. The Morgan fingerprint density at radius 3 is 2.79 bits per heavy atom. The monoisotopic (exact) mass is 211 g/mol. The lowest BCUT2D eigenvalue weighted by molar-refractivity contribution is -0.115. The van der Waals surface area contributed by atoms with Crippen LogP contribution >= 0.6 is 11.3 Å². The third kappa shape index (κ3) is 3.60. The molecule has 1 aromatic rings. The average Bonchev–Trinajstić information content (AvgIpc) is 2.55. The Labute approximate surface area is 89.5 Å². The second-order valence-electron chi connectivity index (χ2n) is 4.41. The van der Waals surface area contributed by atoms with Crippen molar-refractivity contribution in [2.75, 3.05) is 13.6 Å². The maximum Gasteiger partial charge on any atom is 0.126 e. The van der Waals surface area contributed by atoms with E-state index in [9.17, 15) is 4.79 Å². The first-order valence-electron chi connectivity index (χ1n) is 4.69. The summed E-state index contributed by atoms with van der Waals surface area (Å²) in [5.41, 5.74) is 1.07. The van der Waals surface area contributed by atoms with Crippen LogP contribution < -0.4 is 0 Å². The van der Waals surface area contributed by atoms with Gasteiger partial charge in [-0.1, -0.05) is 13.8 Å². The molecule has 0 aliphatic heterocycles. The van der Waals surface area contributed by atoms with Crippen LogP contribution in [0, 0.1) is 5.41 Å². The van der Waals surface area contributed by atoms with Crippen LogP contribution in [0.25, 0.3) is 0 Å². The van der Waals surface area contributed by atoms with Crippen LogP contribution in [0.15, 0.2) is 16.8 Å². The lowest BCUT2D eigenvalue weighted by atomic mass is 9.95. The third-order valence-corrected chi connectivity index (χ3v) is 2.76. The number of rotatable bonds is 5. The highest BCUT2D eigenvalue weighted by Crippen LogP contribution is 2.15. The van der Waals surface area contributed by atoms with Crippen molar-refractivity contribution in [1.29, 1.82) is 0 Å². The average molecular weight is 211 g/mol. The molecule has 0 bridgehead atoms. The second-order valence-corrected chi connectivity index (χ2v) is 5.19. The standard InChI is InChI=1S/C11H17NOS/c1-11(2,9-13)8-12(3)6-10-4-5-14-7-10/h4-5,7,9H,6,8H2,1-3H3. The number of hydrogen-bond acceptors (Lipinski definition) is 3. The minimum atomic E-state index is -0.245. The summed E-state index contributed by atoms with van der Waals surface area (Å²) in [6, 6.07) is 2.12. The van der Waals surface area contributed by atoms with Crippen molar-refractivity contribution < 1.29 is 4.79 Å². The van der Waals surface area contributed by atoms with E-state index < -0.39 is 0 Å². The Hall–Kier alpha value is -0.670. The lowest BCUT2D eigenvalue weighted by Gasteiger charge is -2.24. The van der Waals surface area contributed by atoms with Crippen molar-refractivity contribution in [1.82, 2.24) is 4.90 Å². The number of carbonyl (C=O) groups is 1. The van der Waals surface area contributed by atoms with Gasteiger partial charge < -0.3 is 9.69 Å². The van der Waals surface area contributed by atoms with Gasteiger partial charge in [-0.15, -0.1) is 0 Å². The molecule has 14 heavy (non-hydrogen) atoms. The molecular formula is C11H17NOS. The Kier molecular flexibility index (Phi) is 3.84. The highest BCUT2D eigenvalue weighted by atomic mass is 32.1. The molecule has 0 fully saturated rings. The normalized spacial score (nSPS) is 12.0. The van der Waals surface area contributed by atoms with E-state index in [1.165, 1.54) is 5.56 Å². The SMILES string of the molecule is CN(Cc1ccsc1)CC(C)(C)C=O. The Bertz CT molecular complexity index is 279. The molecule has 1 heterocycles. The van der Waals surface area contributed by atoms with E-state index in [2.05, 4.69) is 21.7 Å². The Balaban J connectivity index is 2.43. The van der Waals surface area contributed by atoms with Crippen LogP contribution in [0.2, 0.25) is 0 Å². The molecule has 1 rings (SSSR count). The number of nitrogens with zero attached hydrogens (tertiary/aromatic N) is 1. The molecule has 0 radical (unpaired) electrons. The molecule has 0 N–H and O–H groups in total. The minimum absolute atomic E-state index is 0.245. The Morgan fingerprint density at radius 1 is 1.57 bits per heavy atom. The van der Waals surface area contributed by atoms with Gasteiger partial charge in [-0.05, 0) is 29.4 Å². The molecule has 2 nitrogen and oxygen atoms in total. The molecule has 0 aromatic carbocycles. The lowest BCUT2D eigenvalue weighted by Crippen LogP contribution is -2.31. The smallest absolute Gasteiger partial charge is 0.126 e. The van der Waals surface area contributed by atoms with Crippen molar-refractivity contribution in [2.45, 2.75) is 20.4 Å². The van der Waals surface area contributed by atoms with Gasteiger partial charge in [-0.2, -0.15) is 11.3 Å². The zero-order valence-corrected chi connectivity index (χ0v) is 9.80. The van der Waals surface area contributed by atoms with Gasteiger partial charge in [0.05, 0.1) is 0 Å². The fraction of sp³-hybridized carbons (Fsp3) is 0.545. The predicted octanol–water partition coefficient (Wildman–Crippen LogP) is 2.41. The highest BCUT2D eigenvalue weighted by molar-refractivity contribution is 7.07. The van der Waals surface area contributed by atoms with Crippen LogP contribution in [0.5, 0.6) is 0 Å². The number of hydrogen-bond donors (Lipinski definition) is 0. The molecule has 0 spiro atoms. The van der Waals surface area contributed by atoms with Gasteiger partial charge in [0.1, 0.15) is 6.29 Å². The first kappa shape index (κ1) is 11.4. The molecule has 1 aromatic heterocycles. The minimum Gasteiger partial charge on any atom is -0.303 e. The van der Waals surface area contributed by atoms with E-state index in [0.29, 0.717) is 0 Å². The predicted molar refractivity (Wildman–Crippen MR) is 60.5 cm³/mol.